The first kappa shape index (κ1) is 14.1. The minimum absolute atomic E-state index is 0.0189. The lowest BCUT2D eigenvalue weighted by Crippen LogP contribution is -2.49. The summed E-state index contributed by atoms with van der Waals surface area (Å²) < 4.78 is 2.03. The van der Waals surface area contributed by atoms with Crippen LogP contribution in [0.15, 0.2) is 43.0 Å². The summed E-state index contributed by atoms with van der Waals surface area (Å²) in [7, 11) is 0. The number of aromatic nitrogens is 4. The number of nitrogens with one attached hydrogen (secondary N) is 2. The first-order chi connectivity index (χ1) is 11.2. The van der Waals surface area contributed by atoms with E-state index in [4.69, 9.17) is 4.98 Å². The molecule has 1 saturated heterocycles. The monoisotopic (exact) mass is 308 g/mol. The molecule has 6 nitrogen and oxygen atoms in total. The van der Waals surface area contributed by atoms with Crippen molar-refractivity contribution in [3.63, 3.8) is 0 Å². The molecule has 0 aliphatic carbocycles. The molecule has 3 aromatic heterocycles. The quantitative estimate of drug-likeness (QED) is 0.777. The molecular formula is C17H20N6. The number of hydrogen-bond donors (Lipinski definition) is 2. The van der Waals surface area contributed by atoms with Crippen molar-refractivity contribution in [2.45, 2.75) is 25.3 Å². The van der Waals surface area contributed by atoms with Gasteiger partial charge in [-0.25, -0.2) is 9.97 Å². The van der Waals surface area contributed by atoms with E-state index in [0.29, 0.717) is 0 Å². The van der Waals surface area contributed by atoms with Crippen molar-refractivity contribution < 1.29 is 0 Å². The molecule has 118 valence electrons. The lowest BCUT2D eigenvalue weighted by molar-refractivity contribution is 0.368. The molecule has 0 amide bonds. The highest BCUT2D eigenvalue weighted by Gasteiger charge is 2.26. The van der Waals surface area contributed by atoms with Crippen molar-refractivity contribution in [2.75, 3.05) is 18.4 Å². The van der Waals surface area contributed by atoms with E-state index in [1.807, 2.05) is 35.0 Å². The van der Waals surface area contributed by atoms with Crippen LogP contribution in [0.25, 0.3) is 17.0 Å². The third-order valence-electron chi connectivity index (χ3n) is 4.34. The predicted octanol–water partition coefficient (Wildman–Crippen LogP) is 2.35. The maximum atomic E-state index is 4.74. The topological polar surface area (TPSA) is 67.1 Å². The maximum Gasteiger partial charge on any atom is 0.145 e. The minimum atomic E-state index is 0.0189. The van der Waals surface area contributed by atoms with Crippen molar-refractivity contribution in [2.24, 2.45) is 0 Å². The first-order valence-corrected chi connectivity index (χ1v) is 7.97. The molecule has 0 bridgehead atoms. The van der Waals surface area contributed by atoms with Crippen molar-refractivity contribution in [3.05, 3.63) is 43.0 Å². The van der Waals surface area contributed by atoms with Crippen LogP contribution in [0.5, 0.6) is 0 Å². The average Bonchev–Trinajstić information content (AvgIpc) is 2.99. The Bertz CT molecular complexity index is 819. The Labute approximate surface area is 135 Å². The average molecular weight is 308 g/mol. The Morgan fingerprint density at radius 2 is 2.22 bits per heavy atom. The van der Waals surface area contributed by atoms with Crippen LogP contribution in [0.4, 0.5) is 5.82 Å². The third-order valence-corrected chi connectivity index (χ3v) is 4.34. The van der Waals surface area contributed by atoms with Crippen molar-refractivity contribution in [1.82, 2.24) is 24.7 Å². The van der Waals surface area contributed by atoms with E-state index in [1.165, 1.54) is 6.42 Å². The van der Waals surface area contributed by atoms with E-state index in [9.17, 15) is 0 Å². The fourth-order valence-electron chi connectivity index (χ4n) is 3.14. The lowest BCUT2D eigenvalue weighted by atomic mass is 9.92. The molecule has 6 heteroatoms. The molecule has 3 aromatic rings. The second-order valence-corrected chi connectivity index (χ2v) is 6.33. The molecule has 4 rings (SSSR count). The second kappa shape index (κ2) is 5.62. The van der Waals surface area contributed by atoms with Crippen LogP contribution >= 0.6 is 0 Å². The molecule has 1 aliphatic heterocycles. The zero-order chi connectivity index (χ0) is 15.7. The van der Waals surface area contributed by atoms with Crippen LogP contribution in [0.3, 0.4) is 0 Å². The zero-order valence-electron chi connectivity index (χ0n) is 13.2. The highest BCUT2D eigenvalue weighted by atomic mass is 15.1. The number of imidazole rings is 1. The van der Waals surface area contributed by atoms with Gasteiger partial charge >= 0.3 is 0 Å². The number of rotatable bonds is 3. The Morgan fingerprint density at radius 1 is 1.26 bits per heavy atom. The van der Waals surface area contributed by atoms with E-state index in [-0.39, 0.29) is 5.54 Å². The van der Waals surface area contributed by atoms with Crippen LogP contribution < -0.4 is 10.6 Å². The molecule has 1 fully saturated rings. The Balaban J connectivity index is 1.66. The molecule has 1 aliphatic rings. The number of anilines is 1. The smallest absolute Gasteiger partial charge is 0.145 e. The van der Waals surface area contributed by atoms with Crippen LogP contribution in [-0.4, -0.2) is 38.0 Å². The molecule has 1 unspecified atom stereocenters. The minimum Gasteiger partial charge on any atom is -0.362 e. The van der Waals surface area contributed by atoms with Crippen LogP contribution in [-0.2, 0) is 0 Å². The van der Waals surface area contributed by atoms with E-state index in [0.717, 1.165) is 42.4 Å². The van der Waals surface area contributed by atoms with E-state index in [2.05, 4.69) is 27.5 Å². The number of nitrogens with zero attached hydrogens (tertiary/aromatic N) is 4. The van der Waals surface area contributed by atoms with Gasteiger partial charge in [0.2, 0.25) is 0 Å². The Morgan fingerprint density at radius 3 is 3.09 bits per heavy atom. The lowest BCUT2D eigenvalue weighted by Gasteiger charge is -2.35. The highest BCUT2D eigenvalue weighted by molar-refractivity contribution is 5.60. The summed E-state index contributed by atoms with van der Waals surface area (Å²) >= 11 is 0. The second-order valence-electron chi connectivity index (χ2n) is 6.33. The predicted molar refractivity (Wildman–Crippen MR) is 90.3 cm³/mol. The van der Waals surface area contributed by atoms with Crippen LogP contribution in [0, 0.1) is 0 Å². The van der Waals surface area contributed by atoms with E-state index >= 15 is 0 Å². The number of hydrogen-bond acceptors (Lipinski definition) is 5. The van der Waals surface area contributed by atoms with Crippen LogP contribution in [0.2, 0.25) is 0 Å². The fraction of sp³-hybridized carbons (Fsp3) is 0.353. The van der Waals surface area contributed by atoms with Crippen LogP contribution in [0.1, 0.15) is 19.8 Å². The van der Waals surface area contributed by atoms with Gasteiger partial charge < -0.3 is 10.6 Å². The molecule has 0 saturated carbocycles. The van der Waals surface area contributed by atoms with Gasteiger partial charge in [0.25, 0.3) is 0 Å². The van der Waals surface area contributed by atoms with Gasteiger partial charge in [0.05, 0.1) is 24.3 Å². The summed E-state index contributed by atoms with van der Waals surface area (Å²) in [6.45, 7) is 4.25. The molecule has 0 spiro atoms. The molecule has 23 heavy (non-hydrogen) atoms. The summed E-state index contributed by atoms with van der Waals surface area (Å²) in [4.78, 5) is 13.5. The normalized spacial score (nSPS) is 21.4. The Hall–Kier alpha value is -2.47. The van der Waals surface area contributed by atoms with E-state index < -0.39 is 0 Å². The van der Waals surface area contributed by atoms with Gasteiger partial charge in [-0.3, -0.25) is 9.38 Å². The zero-order valence-corrected chi connectivity index (χ0v) is 13.2. The van der Waals surface area contributed by atoms with Gasteiger partial charge in [-0.1, -0.05) is 6.07 Å². The SMILES string of the molecule is CC1(Nc2cncc(-c3cnc4ccccn34)n2)CCCNC1. The molecular weight excluding hydrogens is 288 g/mol. The fourth-order valence-corrected chi connectivity index (χ4v) is 3.14. The van der Waals surface area contributed by atoms with Gasteiger partial charge in [0, 0.05) is 18.3 Å². The van der Waals surface area contributed by atoms with Gasteiger partial charge in [0.1, 0.15) is 17.2 Å². The van der Waals surface area contributed by atoms with Gasteiger partial charge in [0.15, 0.2) is 0 Å². The van der Waals surface area contributed by atoms with Crippen molar-refractivity contribution in [1.29, 1.82) is 0 Å². The number of piperidine rings is 1. The summed E-state index contributed by atoms with van der Waals surface area (Å²) in [6, 6.07) is 5.95. The van der Waals surface area contributed by atoms with Crippen molar-refractivity contribution >= 4 is 11.5 Å². The summed E-state index contributed by atoms with van der Waals surface area (Å²) in [5.74, 6) is 0.805. The maximum absolute atomic E-state index is 4.74. The number of pyridine rings is 1. The van der Waals surface area contributed by atoms with E-state index in [1.54, 1.807) is 12.4 Å². The molecule has 0 radical (unpaired) electrons. The first-order valence-electron chi connectivity index (χ1n) is 7.97. The van der Waals surface area contributed by atoms with Gasteiger partial charge in [-0.2, -0.15) is 0 Å². The van der Waals surface area contributed by atoms with Gasteiger partial charge in [-0.05, 0) is 38.4 Å². The van der Waals surface area contributed by atoms with Gasteiger partial charge in [-0.15, -0.1) is 0 Å². The number of fused-ring (bicyclic) bond motifs is 1. The summed E-state index contributed by atoms with van der Waals surface area (Å²) in [5, 5.41) is 6.98. The molecule has 0 aromatic carbocycles. The molecule has 2 N–H and O–H groups in total. The summed E-state index contributed by atoms with van der Waals surface area (Å²) in [5.41, 5.74) is 2.70. The summed E-state index contributed by atoms with van der Waals surface area (Å²) in [6.07, 6.45) is 9.69. The molecule has 4 heterocycles. The highest BCUT2D eigenvalue weighted by Crippen LogP contribution is 2.23. The Kier molecular flexibility index (Phi) is 3.46. The standard InChI is InChI=1S/C17H20N6/c1-17(6-4-7-18-12-17)22-15-11-19-9-13(21-15)14-10-20-16-5-2-3-8-23(14)16/h2-3,5,8-11,18H,4,6-7,12H2,1H3,(H,21,22). The largest absolute Gasteiger partial charge is 0.362 e. The molecule has 1 atom stereocenters. The third kappa shape index (κ3) is 2.77. The van der Waals surface area contributed by atoms with Crippen molar-refractivity contribution in [3.8, 4) is 11.4 Å².